The molecule has 1 aliphatic heterocycles. The highest BCUT2D eigenvalue weighted by atomic mass is 32.2. The Bertz CT molecular complexity index is 635. The first kappa shape index (κ1) is 17.4. The molecule has 0 spiro atoms. The maximum Gasteiger partial charge on any atom is 0.243 e. The predicted molar refractivity (Wildman–Crippen MR) is 87.4 cm³/mol. The van der Waals surface area contributed by atoms with Gasteiger partial charge in [-0.25, -0.2) is 8.42 Å². The lowest BCUT2D eigenvalue weighted by atomic mass is 9.87. The normalized spacial score (nSPS) is 24.1. The maximum atomic E-state index is 13.0. The molecule has 0 bridgehead atoms. The van der Waals surface area contributed by atoms with Crippen molar-refractivity contribution in [2.75, 3.05) is 27.2 Å². The van der Waals surface area contributed by atoms with E-state index in [1.165, 1.54) is 4.31 Å². The summed E-state index contributed by atoms with van der Waals surface area (Å²) in [6.07, 6.45) is -0.661. The SMILES string of the molecule is CN(C)C1CN(S(=O)(=O)c2ccccc2C(C)(C)C)CC1O. The number of hydrogen-bond acceptors (Lipinski definition) is 4. The van der Waals surface area contributed by atoms with E-state index in [4.69, 9.17) is 0 Å². The minimum Gasteiger partial charge on any atom is -0.390 e. The summed E-state index contributed by atoms with van der Waals surface area (Å²) in [5.41, 5.74) is 0.543. The highest BCUT2D eigenvalue weighted by molar-refractivity contribution is 7.89. The minimum atomic E-state index is -3.61. The fourth-order valence-corrected chi connectivity index (χ4v) is 4.77. The number of aliphatic hydroxyl groups is 1. The number of β-amino-alcohol motifs (C(OH)–C–C–N with tert-alkyl or cyclic N) is 1. The van der Waals surface area contributed by atoms with Crippen molar-refractivity contribution >= 4 is 10.0 Å². The number of sulfonamides is 1. The van der Waals surface area contributed by atoms with Crippen LogP contribution < -0.4 is 0 Å². The fraction of sp³-hybridized carbons (Fsp3) is 0.625. The van der Waals surface area contributed by atoms with Gasteiger partial charge in [-0.05, 0) is 31.1 Å². The number of benzene rings is 1. The van der Waals surface area contributed by atoms with Crippen LogP contribution in [0.2, 0.25) is 0 Å². The smallest absolute Gasteiger partial charge is 0.243 e. The third kappa shape index (κ3) is 3.20. The van der Waals surface area contributed by atoms with Crippen LogP contribution in [-0.4, -0.2) is 62.1 Å². The molecular weight excluding hydrogens is 300 g/mol. The molecule has 2 unspecified atom stereocenters. The van der Waals surface area contributed by atoms with Crippen LogP contribution in [0.3, 0.4) is 0 Å². The molecule has 1 aromatic rings. The number of rotatable bonds is 3. The van der Waals surface area contributed by atoms with E-state index in [1.54, 1.807) is 12.1 Å². The summed E-state index contributed by atoms with van der Waals surface area (Å²) in [5.74, 6) is 0. The summed E-state index contributed by atoms with van der Waals surface area (Å²) in [6, 6.07) is 6.96. The Labute approximate surface area is 133 Å². The lowest BCUT2D eigenvalue weighted by Gasteiger charge is -2.25. The Morgan fingerprint density at radius 1 is 1.18 bits per heavy atom. The van der Waals surface area contributed by atoms with E-state index in [0.29, 0.717) is 11.4 Å². The summed E-state index contributed by atoms with van der Waals surface area (Å²) < 4.78 is 27.4. The molecule has 0 aromatic heterocycles. The van der Waals surface area contributed by atoms with Gasteiger partial charge in [-0.3, -0.25) is 0 Å². The van der Waals surface area contributed by atoms with Crippen molar-refractivity contribution in [1.82, 2.24) is 9.21 Å². The molecule has 1 N–H and O–H groups in total. The minimum absolute atomic E-state index is 0.143. The lowest BCUT2D eigenvalue weighted by Crippen LogP contribution is -2.38. The number of aliphatic hydroxyl groups excluding tert-OH is 1. The standard InChI is InChI=1S/C16H26N2O3S/c1-16(2,3)12-8-6-7-9-15(12)22(20,21)18-10-13(17(4)5)14(19)11-18/h6-9,13-14,19H,10-11H2,1-5H3. The average Bonchev–Trinajstić information content (AvgIpc) is 2.81. The van der Waals surface area contributed by atoms with E-state index in [0.717, 1.165) is 5.56 Å². The molecule has 0 amide bonds. The summed E-state index contributed by atoms with van der Waals surface area (Å²) in [5, 5.41) is 10.1. The molecule has 6 heteroatoms. The molecule has 22 heavy (non-hydrogen) atoms. The second-order valence-electron chi connectivity index (χ2n) is 7.17. The van der Waals surface area contributed by atoms with Crippen LogP contribution in [0.5, 0.6) is 0 Å². The van der Waals surface area contributed by atoms with Gasteiger partial charge >= 0.3 is 0 Å². The van der Waals surface area contributed by atoms with Gasteiger partial charge in [0, 0.05) is 13.1 Å². The van der Waals surface area contributed by atoms with Crippen molar-refractivity contribution < 1.29 is 13.5 Å². The highest BCUT2D eigenvalue weighted by Gasteiger charge is 2.40. The monoisotopic (exact) mass is 326 g/mol. The van der Waals surface area contributed by atoms with Crippen LogP contribution in [0.1, 0.15) is 26.3 Å². The van der Waals surface area contributed by atoms with Gasteiger partial charge in [-0.15, -0.1) is 0 Å². The zero-order chi connectivity index (χ0) is 16.7. The van der Waals surface area contributed by atoms with Gasteiger partial charge in [-0.1, -0.05) is 39.0 Å². The highest BCUT2D eigenvalue weighted by Crippen LogP contribution is 2.32. The quantitative estimate of drug-likeness (QED) is 0.909. The number of likely N-dealkylation sites (N-methyl/N-ethyl adjacent to an activating group) is 1. The first-order chi connectivity index (χ1) is 10.0. The molecule has 5 nitrogen and oxygen atoms in total. The molecule has 2 rings (SSSR count). The van der Waals surface area contributed by atoms with Crippen molar-refractivity contribution in [2.45, 2.75) is 43.2 Å². The van der Waals surface area contributed by atoms with Crippen molar-refractivity contribution in [3.05, 3.63) is 29.8 Å². The summed E-state index contributed by atoms with van der Waals surface area (Å²) in [7, 11) is 0.103. The zero-order valence-corrected chi connectivity index (χ0v) is 14.8. The topological polar surface area (TPSA) is 60.9 Å². The van der Waals surface area contributed by atoms with Crippen LogP contribution in [0.25, 0.3) is 0 Å². The van der Waals surface area contributed by atoms with Crippen molar-refractivity contribution in [3.8, 4) is 0 Å². The van der Waals surface area contributed by atoms with Crippen LogP contribution in [0, 0.1) is 0 Å². The largest absolute Gasteiger partial charge is 0.390 e. The van der Waals surface area contributed by atoms with Crippen molar-refractivity contribution in [3.63, 3.8) is 0 Å². The van der Waals surface area contributed by atoms with Crippen molar-refractivity contribution in [1.29, 1.82) is 0 Å². The van der Waals surface area contributed by atoms with Crippen LogP contribution >= 0.6 is 0 Å². The van der Waals surface area contributed by atoms with Gasteiger partial charge in [0.1, 0.15) is 0 Å². The first-order valence-electron chi connectivity index (χ1n) is 7.49. The Morgan fingerprint density at radius 2 is 1.77 bits per heavy atom. The van der Waals surface area contributed by atoms with E-state index in [1.807, 2.05) is 51.9 Å². The molecule has 0 radical (unpaired) electrons. The van der Waals surface area contributed by atoms with Gasteiger partial charge in [0.2, 0.25) is 10.0 Å². The summed E-state index contributed by atoms with van der Waals surface area (Å²) in [4.78, 5) is 2.21. The second-order valence-corrected chi connectivity index (χ2v) is 9.07. The first-order valence-corrected chi connectivity index (χ1v) is 8.93. The van der Waals surface area contributed by atoms with Crippen LogP contribution in [0.4, 0.5) is 0 Å². The molecule has 1 aliphatic rings. The Kier molecular flexibility index (Phi) is 4.69. The lowest BCUT2D eigenvalue weighted by molar-refractivity contribution is 0.113. The van der Waals surface area contributed by atoms with Gasteiger partial charge in [0.25, 0.3) is 0 Å². The fourth-order valence-electron chi connectivity index (χ4n) is 2.89. The molecule has 0 saturated carbocycles. The molecular formula is C16H26N2O3S. The van der Waals surface area contributed by atoms with Crippen molar-refractivity contribution in [2.24, 2.45) is 0 Å². The van der Waals surface area contributed by atoms with Crippen LogP contribution in [-0.2, 0) is 15.4 Å². The number of nitrogens with zero attached hydrogens (tertiary/aromatic N) is 2. The number of hydrogen-bond donors (Lipinski definition) is 1. The zero-order valence-electron chi connectivity index (χ0n) is 13.9. The molecule has 0 aliphatic carbocycles. The Balaban J connectivity index is 2.41. The Morgan fingerprint density at radius 3 is 2.27 bits per heavy atom. The molecule has 124 valence electrons. The molecule has 2 atom stereocenters. The average molecular weight is 326 g/mol. The molecule has 1 saturated heterocycles. The van der Waals surface area contributed by atoms with Gasteiger partial charge in [-0.2, -0.15) is 4.31 Å². The summed E-state index contributed by atoms with van der Waals surface area (Å²) >= 11 is 0. The van der Waals surface area contributed by atoms with E-state index in [-0.39, 0.29) is 18.0 Å². The van der Waals surface area contributed by atoms with E-state index in [9.17, 15) is 13.5 Å². The second kappa shape index (κ2) is 5.92. The molecule has 1 fully saturated rings. The summed E-state index contributed by atoms with van der Waals surface area (Å²) in [6.45, 7) is 6.47. The third-order valence-corrected chi connectivity index (χ3v) is 6.09. The van der Waals surface area contributed by atoms with Gasteiger partial charge in [0.05, 0.1) is 17.0 Å². The van der Waals surface area contributed by atoms with Gasteiger partial charge in [0.15, 0.2) is 0 Å². The van der Waals surface area contributed by atoms with E-state index in [2.05, 4.69) is 0 Å². The van der Waals surface area contributed by atoms with E-state index >= 15 is 0 Å². The Hall–Kier alpha value is -0.950. The molecule has 1 aromatic carbocycles. The molecule has 1 heterocycles. The van der Waals surface area contributed by atoms with E-state index < -0.39 is 16.1 Å². The van der Waals surface area contributed by atoms with Gasteiger partial charge < -0.3 is 10.0 Å². The van der Waals surface area contributed by atoms with Crippen LogP contribution in [0.15, 0.2) is 29.2 Å². The predicted octanol–water partition coefficient (Wildman–Crippen LogP) is 1.28. The third-order valence-electron chi connectivity index (χ3n) is 4.20. The maximum absolute atomic E-state index is 13.0.